The van der Waals surface area contributed by atoms with Gasteiger partial charge in [0.05, 0.1) is 16.8 Å². The summed E-state index contributed by atoms with van der Waals surface area (Å²) in [6.45, 7) is 17.4. The predicted octanol–water partition coefficient (Wildman–Crippen LogP) is 4.08. The van der Waals surface area contributed by atoms with E-state index in [0.29, 0.717) is 30.9 Å². The van der Waals surface area contributed by atoms with E-state index in [1.54, 1.807) is 17.2 Å². The molecule has 2 saturated heterocycles. The van der Waals surface area contributed by atoms with Crippen molar-refractivity contribution in [1.82, 2.24) is 9.88 Å². The average Bonchev–Trinajstić information content (AvgIpc) is 3.05. The van der Waals surface area contributed by atoms with Crippen LogP contribution in [0.25, 0.3) is 0 Å². The van der Waals surface area contributed by atoms with Crippen LogP contribution >= 0.6 is 0 Å². The van der Waals surface area contributed by atoms with Gasteiger partial charge in [0, 0.05) is 37.6 Å². The number of pyridine rings is 1. The summed E-state index contributed by atoms with van der Waals surface area (Å²) in [6.07, 6.45) is 1.28. The summed E-state index contributed by atoms with van der Waals surface area (Å²) in [6, 6.07) is 11.2. The van der Waals surface area contributed by atoms with E-state index in [9.17, 15) is 9.59 Å². The fraction of sp³-hybridized carbons (Fsp3) is 0.536. The van der Waals surface area contributed by atoms with Gasteiger partial charge >= 0.3 is 13.2 Å². The first-order valence-electron chi connectivity index (χ1n) is 13.1. The van der Waals surface area contributed by atoms with Crippen LogP contribution < -0.4 is 15.7 Å². The van der Waals surface area contributed by atoms with Gasteiger partial charge in [-0.25, -0.2) is 9.78 Å². The van der Waals surface area contributed by atoms with Crippen molar-refractivity contribution in [2.75, 3.05) is 29.9 Å². The van der Waals surface area contributed by atoms with Crippen molar-refractivity contribution in [1.29, 1.82) is 0 Å². The summed E-state index contributed by atoms with van der Waals surface area (Å²) < 4.78 is 17.7. The third kappa shape index (κ3) is 6.13. The summed E-state index contributed by atoms with van der Waals surface area (Å²) in [5.41, 5.74) is 0.689. The number of hydrogen-bond acceptors (Lipinski definition) is 7. The van der Waals surface area contributed by atoms with Crippen molar-refractivity contribution in [2.45, 2.75) is 78.2 Å². The molecule has 0 bridgehead atoms. The minimum absolute atomic E-state index is 0.0611. The number of carbonyl (C=O) groups is 2. The maximum atomic E-state index is 12.8. The molecule has 2 fully saturated rings. The van der Waals surface area contributed by atoms with Crippen molar-refractivity contribution in [3.8, 4) is 0 Å². The highest BCUT2D eigenvalue weighted by molar-refractivity contribution is 6.62. The van der Waals surface area contributed by atoms with Gasteiger partial charge in [0.2, 0.25) is 0 Å². The normalized spacial score (nSPS) is 20.8. The minimum atomic E-state index is -0.523. The standard InChI is InChI=1S/C28H39BN4O5/c1-19-18-32(25(35)36-26(2,3)4)15-16-33(19)23-14-9-20(17-30-23)24(34)31-22-12-10-21(11-13-22)29-37-27(5,6)28(7,8)38-29/h9-14,17,19H,15-16,18H2,1-8H3,(H,31,34). The van der Waals surface area contributed by atoms with E-state index >= 15 is 0 Å². The molecule has 0 radical (unpaired) electrons. The van der Waals surface area contributed by atoms with Crippen LogP contribution in [0.1, 0.15) is 65.7 Å². The van der Waals surface area contributed by atoms with E-state index < -0.39 is 23.9 Å². The van der Waals surface area contributed by atoms with Gasteiger partial charge in [-0.2, -0.15) is 0 Å². The van der Waals surface area contributed by atoms with Crippen molar-refractivity contribution < 1.29 is 23.6 Å². The van der Waals surface area contributed by atoms with Gasteiger partial charge in [-0.15, -0.1) is 0 Å². The molecule has 0 saturated carbocycles. The Labute approximate surface area is 226 Å². The summed E-state index contributed by atoms with van der Waals surface area (Å²) in [7, 11) is -0.449. The third-order valence-corrected chi connectivity index (χ3v) is 7.28. The van der Waals surface area contributed by atoms with E-state index in [-0.39, 0.29) is 18.0 Å². The summed E-state index contributed by atoms with van der Waals surface area (Å²) in [4.78, 5) is 33.7. The molecular formula is C28H39BN4O5. The Hall–Kier alpha value is -3.11. The first kappa shape index (κ1) is 27.9. The molecule has 2 aliphatic heterocycles. The molecule has 1 aromatic carbocycles. The largest absolute Gasteiger partial charge is 0.494 e. The maximum absolute atomic E-state index is 12.8. The number of carbonyl (C=O) groups excluding carboxylic acids is 2. The number of aromatic nitrogens is 1. The molecular weight excluding hydrogens is 483 g/mol. The third-order valence-electron chi connectivity index (χ3n) is 7.28. The van der Waals surface area contributed by atoms with Crippen LogP contribution in [0.15, 0.2) is 42.6 Å². The van der Waals surface area contributed by atoms with Crippen LogP contribution in [-0.2, 0) is 14.0 Å². The van der Waals surface area contributed by atoms with Gasteiger partial charge in [-0.1, -0.05) is 12.1 Å². The Kier molecular flexibility index (Phi) is 7.51. The van der Waals surface area contributed by atoms with E-state index in [0.717, 1.165) is 11.3 Å². The van der Waals surface area contributed by atoms with Crippen molar-refractivity contribution in [2.24, 2.45) is 0 Å². The molecule has 2 amide bonds. The Balaban J connectivity index is 1.33. The average molecular weight is 522 g/mol. The van der Waals surface area contributed by atoms with Gasteiger partial charge in [0.1, 0.15) is 11.4 Å². The van der Waals surface area contributed by atoms with Gasteiger partial charge < -0.3 is 29.2 Å². The number of hydrogen-bond donors (Lipinski definition) is 1. The number of nitrogens with one attached hydrogen (secondary N) is 1. The van der Waals surface area contributed by atoms with Crippen LogP contribution in [0.5, 0.6) is 0 Å². The van der Waals surface area contributed by atoms with E-state index in [4.69, 9.17) is 14.0 Å². The predicted molar refractivity (Wildman–Crippen MR) is 149 cm³/mol. The summed E-state index contributed by atoms with van der Waals surface area (Å²) in [5, 5.41) is 2.92. The first-order valence-corrected chi connectivity index (χ1v) is 13.1. The molecule has 1 N–H and O–H groups in total. The molecule has 2 aromatic rings. The highest BCUT2D eigenvalue weighted by atomic mass is 16.7. The number of amides is 2. The maximum Gasteiger partial charge on any atom is 0.494 e. The van der Waals surface area contributed by atoms with Crippen molar-refractivity contribution >= 4 is 36.1 Å². The topological polar surface area (TPSA) is 93.2 Å². The van der Waals surface area contributed by atoms with Crippen LogP contribution in [0, 0.1) is 0 Å². The second-order valence-electron chi connectivity index (χ2n) is 12.0. The number of rotatable bonds is 4. The van der Waals surface area contributed by atoms with E-state index in [2.05, 4.69) is 15.2 Å². The highest BCUT2D eigenvalue weighted by Crippen LogP contribution is 2.36. The molecule has 10 heteroatoms. The molecule has 9 nitrogen and oxygen atoms in total. The smallest absolute Gasteiger partial charge is 0.444 e. The quantitative estimate of drug-likeness (QED) is 0.605. The van der Waals surface area contributed by atoms with Gasteiger partial charge in [0.25, 0.3) is 5.91 Å². The number of ether oxygens (including phenoxy) is 1. The molecule has 4 rings (SSSR count). The molecule has 0 aliphatic carbocycles. The molecule has 2 aliphatic rings. The lowest BCUT2D eigenvalue weighted by Crippen LogP contribution is -2.54. The van der Waals surface area contributed by atoms with Gasteiger partial charge in [-0.3, -0.25) is 4.79 Å². The van der Waals surface area contributed by atoms with Crippen LogP contribution in [-0.4, -0.2) is 71.5 Å². The Morgan fingerprint density at radius 3 is 2.18 bits per heavy atom. The fourth-order valence-corrected chi connectivity index (χ4v) is 4.39. The lowest BCUT2D eigenvalue weighted by Gasteiger charge is -2.40. The zero-order valence-electron chi connectivity index (χ0n) is 23.7. The number of nitrogens with zero attached hydrogens (tertiary/aromatic N) is 3. The number of anilines is 2. The molecule has 1 atom stereocenters. The Morgan fingerprint density at radius 2 is 1.66 bits per heavy atom. The molecule has 1 unspecified atom stereocenters. The van der Waals surface area contributed by atoms with Crippen LogP contribution in [0.3, 0.4) is 0 Å². The lowest BCUT2D eigenvalue weighted by atomic mass is 9.79. The Morgan fingerprint density at radius 1 is 1.03 bits per heavy atom. The summed E-state index contributed by atoms with van der Waals surface area (Å²) in [5.74, 6) is 0.528. The number of piperazine rings is 1. The molecule has 204 valence electrons. The zero-order chi connectivity index (χ0) is 27.9. The van der Waals surface area contributed by atoms with E-state index in [1.807, 2.05) is 85.7 Å². The van der Waals surface area contributed by atoms with Crippen LogP contribution in [0.4, 0.5) is 16.3 Å². The van der Waals surface area contributed by atoms with Crippen molar-refractivity contribution in [3.05, 3.63) is 48.2 Å². The molecule has 38 heavy (non-hydrogen) atoms. The summed E-state index contributed by atoms with van der Waals surface area (Å²) >= 11 is 0. The Bertz CT molecular complexity index is 1150. The van der Waals surface area contributed by atoms with Gasteiger partial charge in [-0.05, 0) is 85.1 Å². The van der Waals surface area contributed by atoms with Crippen LogP contribution in [0.2, 0.25) is 0 Å². The zero-order valence-corrected chi connectivity index (χ0v) is 23.7. The second-order valence-corrected chi connectivity index (χ2v) is 12.0. The molecule has 1 aromatic heterocycles. The lowest BCUT2D eigenvalue weighted by molar-refractivity contribution is 0.00578. The van der Waals surface area contributed by atoms with Gasteiger partial charge in [0.15, 0.2) is 0 Å². The minimum Gasteiger partial charge on any atom is -0.444 e. The fourth-order valence-electron chi connectivity index (χ4n) is 4.39. The van der Waals surface area contributed by atoms with Crippen molar-refractivity contribution in [3.63, 3.8) is 0 Å². The number of benzene rings is 1. The SMILES string of the molecule is CC1CN(C(=O)OC(C)(C)C)CCN1c1ccc(C(=O)Nc2ccc(B3OC(C)(C)C(C)(C)O3)cc2)cn1. The first-order chi connectivity index (χ1) is 17.6. The highest BCUT2D eigenvalue weighted by Gasteiger charge is 2.51. The second kappa shape index (κ2) is 10.2. The molecule has 0 spiro atoms. The molecule has 3 heterocycles. The monoisotopic (exact) mass is 522 g/mol. The van der Waals surface area contributed by atoms with E-state index in [1.165, 1.54) is 0 Å².